The van der Waals surface area contributed by atoms with Crippen molar-refractivity contribution >= 4 is 12.4 Å². The molecule has 0 amide bonds. The first-order valence-electron chi connectivity index (χ1n) is 5.00. The van der Waals surface area contributed by atoms with Crippen LogP contribution in [-0.2, 0) is 4.79 Å². The molecule has 2 rings (SSSR count). The molecule has 0 N–H and O–H groups in total. The van der Waals surface area contributed by atoms with E-state index in [0.29, 0.717) is 23.2 Å². The van der Waals surface area contributed by atoms with Crippen molar-refractivity contribution in [2.24, 2.45) is 0 Å². The molecule has 1 aromatic carbocycles. The van der Waals surface area contributed by atoms with E-state index in [9.17, 15) is 9.18 Å². The van der Waals surface area contributed by atoms with Gasteiger partial charge in [0, 0.05) is 23.5 Å². The van der Waals surface area contributed by atoms with Crippen molar-refractivity contribution in [2.45, 2.75) is 0 Å². The van der Waals surface area contributed by atoms with Crippen molar-refractivity contribution in [3.05, 3.63) is 54.1 Å². The van der Waals surface area contributed by atoms with E-state index >= 15 is 0 Å². The first kappa shape index (κ1) is 11.1. The van der Waals surface area contributed by atoms with Crippen LogP contribution >= 0.6 is 0 Å². The molecule has 4 heteroatoms. The maximum absolute atomic E-state index is 13.6. The average molecular weight is 228 g/mol. The Morgan fingerprint density at radius 1 is 1.18 bits per heavy atom. The highest BCUT2D eigenvalue weighted by Gasteiger charge is 2.04. The number of hydrogen-bond donors (Lipinski definition) is 0. The number of aldehydes is 1. The maximum atomic E-state index is 13.6. The topological polar surface area (TPSA) is 42.9 Å². The fourth-order valence-electron chi connectivity index (χ4n) is 1.39. The molecule has 0 unspecified atom stereocenters. The largest absolute Gasteiger partial charge is 0.299 e. The van der Waals surface area contributed by atoms with Crippen molar-refractivity contribution in [1.82, 2.24) is 9.97 Å². The summed E-state index contributed by atoms with van der Waals surface area (Å²) in [5.41, 5.74) is 0.961. The van der Waals surface area contributed by atoms with Gasteiger partial charge in [0.05, 0.1) is 0 Å². The summed E-state index contributed by atoms with van der Waals surface area (Å²) in [6, 6.07) is 6.34. The van der Waals surface area contributed by atoms with Crippen LogP contribution in [0.2, 0.25) is 0 Å². The van der Waals surface area contributed by atoms with Gasteiger partial charge in [0.15, 0.2) is 5.82 Å². The molecule has 0 atom stereocenters. The van der Waals surface area contributed by atoms with Gasteiger partial charge >= 0.3 is 0 Å². The zero-order chi connectivity index (χ0) is 12.1. The third kappa shape index (κ3) is 2.60. The summed E-state index contributed by atoms with van der Waals surface area (Å²) >= 11 is 0. The van der Waals surface area contributed by atoms with E-state index < -0.39 is 5.82 Å². The molecule has 0 fully saturated rings. The monoisotopic (exact) mass is 228 g/mol. The minimum atomic E-state index is -0.409. The molecule has 0 saturated carbocycles. The number of rotatable bonds is 3. The Hall–Kier alpha value is -2.36. The Bertz CT molecular complexity index is 553. The molecule has 1 heterocycles. The number of carbonyl (C=O) groups excluding carboxylic acids is 1. The molecule has 17 heavy (non-hydrogen) atoms. The summed E-state index contributed by atoms with van der Waals surface area (Å²) in [6.07, 6.45) is 6.46. The molecular weight excluding hydrogens is 219 g/mol. The second-order valence-electron chi connectivity index (χ2n) is 3.30. The predicted molar refractivity (Wildman–Crippen MR) is 62.5 cm³/mol. The molecule has 0 saturated heterocycles. The quantitative estimate of drug-likeness (QED) is 0.598. The van der Waals surface area contributed by atoms with E-state index in [1.54, 1.807) is 30.6 Å². The van der Waals surface area contributed by atoms with Gasteiger partial charge in [0.25, 0.3) is 0 Å². The van der Waals surface area contributed by atoms with Gasteiger partial charge in [-0.15, -0.1) is 0 Å². The van der Waals surface area contributed by atoms with Gasteiger partial charge < -0.3 is 0 Å². The lowest BCUT2D eigenvalue weighted by Gasteiger charge is -2.01. The van der Waals surface area contributed by atoms with Crippen LogP contribution in [0.3, 0.4) is 0 Å². The number of hydrogen-bond acceptors (Lipinski definition) is 3. The van der Waals surface area contributed by atoms with Gasteiger partial charge in [-0.1, -0.05) is 12.1 Å². The van der Waals surface area contributed by atoms with Gasteiger partial charge in [0.2, 0.25) is 0 Å². The van der Waals surface area contributed by atoms with Crippen LogP contribution in [0.15, 0.2) is 42.7 Å². The van der Waals surface area contributed by atoms with Crippen LogP contribution in [0.4, 0.5) is 4.39 Å². The number of aromatic nitrogens is 2. The van der Waals surface area contributed by atoms with Crippen molar-refractivity contribution in [3.8, 4) is 11.4 Å². The van der Waals surface area contributed by atoms with Crippen LogP contribution in [0.1, 0.15) is 5.56 Å². The minimum Gasteiger partial charge on any atom is -0.299 e. The fraction of sp³-hybridized carbons (Fsp3) is 0. The van der Waals surface area contributed by atoms with Crippen molar-refractivity contribution in [2.75, 3.05) is 0 Å². The third-order valence-corrected chi connectivity index (χ3v) is 2.18. The zero-order valence-corrected chi connectivity index (χ0v) is 8.88. The second-order valence-corrected chi connectivity index (χ2v) is 3.30. The highest BCUT2D eigenvalue weighted by Crippen LogP contribution is 2.18. The van der Waals surface area contributed by atoms with Crippen molar-refractivity contribution in [3.63, 3.8) is 0 Å². The first-order valence-corrected chi connectivity index (χ1v) is 5.00. The molecule has 2 aromatic rings. The van der Waals surface area contributed by atoms with Gasteiger partial charge in [-0.25, -0.2) is 14.4 Å². The highest BCUT2D eigenvalue weighted by atomic mass is 19.1. The Morgan fingerprint density at radius 3 is 2.59 bits per heavy atom. The number of nitrogens with zero attached hydrogens (tertiary/aromatic N) is 2. The molecule has 0 radical (unpaired) electrons. The van der Waals surface area contributed by atoms with Gasteiger partial charge in [-0.05, 0) is 24.3 Å². The van der Waals surface area contributed by atoms with Gasteiger partial charge in [-0.3, -0.25) is 4.79 Å². The van der Waals surface area contributed by atoms with E-state index in [2.05, 4.69) is 9.97 Å². The van der Waals surface area contributed by atoms with Gasteiger partial charge in [0.1, 0.15) is 12.1 Å². The first-order chi connectivity index (χ1) is 8.31. The standard InChI is InChI=1S/C13H9FN2O/c14-12-9-11(13-15-6-2-7-16-13)5-4-10(12)3-1-8-17/h1-9H. The van der Waals surface area contributed by atoms with E-state index in [1.807, 2.05) is 0 Å². The summed E-state index contributed by atoms with van der Waals surface area (Å²) in [5.74, 6) is 0.0605. The molecule has 3 nitrogen and oxygen atoms in total. The summed E-state index contributed by atoms with van der Waals surface area (Å²) in [6.45, 7) is 0. The molecule has 0 bridgehead atoms. The predicted octanol–water partition coefficient (Wildman–Crippen LogP) is 2.49. The molecule has 1 aromatic heterocycles. The fourth-order valence-corrected chi connectivity index (χ4v) is 1.39. The lowest BCUT2D eigenvalue weighted by atomic mass is 10.1. The SMILES string of the molecule is O=CC=Cc1ccc(-c2ncccn2)cc1F. The van der Waals surface area contributed by atoms with Gasteiger partial charge in [-0.2, -0.15) is 0 Å². The van der Waals surface area contributed by atoms with E-state index in [0.717, 1.165) is 0 Å². The number of benzene rings is 1. The molecular formula is C13H9FN2O. The number of halogens is 1. The molecule has 0 spiro atoms. The zero-order valence-electron chi connectivity index (χ0n) is 8.88. The second kappa shape index (κ2) is 5.12. The maximum Gasteiger partial charge on any atom is 0.159 e. The van der Waals surface area contributed by atoms with Crippen LogP contribution in [0, 0.1) is 5.82 Å². The normalized spacial score (nSPS) is 10.6. The Morgan fingerprint density at radius 2 is 1.94 bits per heavy atom. The smallest absolute Gasteiger partial charge is 0.159 e. The highest BCUT2D eigenvalue weighted by molar-refractivity contribution is 5.74. The number of allylic oxidation sites excluding steroid dienone is 1. The Labute approximate surface area is 97.7 Å². The van der Waals surface area contributed by atoms with Crippen molar-refractivity contribution in [1.29, 1.82) is 0 Å². The summed E-state index contributed by atoms with van der Waals surface area (Å²) < 4.78 is 13.6. The third-order valence-electron chi connectivity index (χ3n) is 2.18. The average Bonchev–Trinajstić information content (AvgIpc) is 2.38. The van der Waals surface area contributed by atoms with Crippen LogP contribution in [0.5, 0.6) is 0 Å². The Kier molecular flexibility index (Phi) is 3.35. The summed E-state index contributed by atoms with van der Waals surface area (Å²) in [5, 5.41) is 0. The number of carbonyl (C=O) groups is 1. The molecule has 84 valence electrons. The van der Waals surface area contributed by atoms with E-state index in [1.165, 1.54) is 18.2 Å². The lowest BCUT2D eigenvalue weighted by Crippen LogP contribution is -1.89. The molecule has 0 aliphatic rings. The van der Waals surface area contributed by atoms with Crippen molar-refractivity contribution < 1.29 is 9.18 Å². The summed E-state index contributed by atoms with van der Waals surface area (Å²) in [7, 11) is 0. The van der Waals surface area contributed by atoms with E-state index in [-0.39, 0.29) is 0 Å². The lowest BCUT2D eigenvalue weighted by molar-refractivity contribution is -0.104. The minimum absolute atomic E-state index is 0.358. The van der Waals surface area contributed by atoms with Crippen LogP contribution in [-0.4, -0.2) is 16.3 Å². The van der Waals surface area contributed by atoms with Crippen LogP contribution in [0.25, 0.3) is 17.5 Å². The Balaban J connectivity index is 2.37. The summed E-state index contributed by atoms with van der Waals surface area (Å²) in [4.78, 5) is 18.2. The molecule has 0 aliphatic heterocycles. The molecule has 0 aliphatic carbocycles. The van der Waals surface area contributed by atoms with Crippen LogP contribution < -0.4 is 0 Å². The van der Waals surface area contributed by atoms with E-state index in [4.69, 9.17) is 0 Å².